The van der Waals surface area contributed by atoms with E-state index in [1.54, 1.807) is 18.4 Å². The Balaban J connectivity index is 1.95. The van der Waals surface area contributed by atoms with Gasteiger partial charge in [-0.05, 0) is 66.5 Å². The Labute approximate surface area is 222 Å². The van der Waals surface area contributed by atoms with Crippen LogP contribution in [0.15, 0.2) is 68.0 Å². The van der Waals surface area contributed by atoms with E-state index in [2.05, 4.69) is 20.9 Å². The van der Waals surface area contributed by atoms with Crippen LogP contribution in [0.5, 0.6) is 5.75 Å². The van der Waals surface area contributed by atoms with Gasteiger partial charge in [-0.2, -0.15) is 0 Å². The van der Waals surface area contributed by atoms with Gasteiger partial charge in [0.1, 0.15) is 11.8 Å². The standard InChI is InChI=1S/C27H28BrN3O4S/c1-6-34-21-11-9-8-10-18(21)24-23(26(33)35-7-2)16(3)29-27-31(24)25(32)22(36-27)15-17-12-13-20(30(4)5)19(28)14-17/h8-15,24H,6-7H2,1-5H3/b22-15-/t24-/m0/s1. The first-order chi connectivity index (χ1) is 17.3. The minimum absolute atomic E-state index is 0.220. The predicted octanol–water partition coefficient (Wildman–Crippen LogP) is 4.03. The number of hydrogen-bond acceptors (Lipinski definition) is 7. The molecule has 1 aliphatic rings. The molecule has 0 amide bonds. The minimum atomic E-state index is -0.715. The summed E-state index contributed by atoms with van der Waals surface area (Å²) in [6.45, 7) is 6.10. The quantitative estimate of drug-likeness (QED) is 0.402. The van der Waals surface area contributed by atoms with Gasteiger partial charge in [0.05, 0.1) is 34.7 Å². The van der Waals surface area contributed by atoms with Crippen LogP contribution in [0, 0.1) is 0 Å². The molecule has 1 aliphatic heterocycles. The Morgan fingerprint density at radius 2 is 1.94 bits per heavy atom. The summed E-state index contributed by atoms with van der Waals surface area (Å²) in [5.41, 5.74) is 3.26. The number of fused-ring (bicyclic) bond motifs is 1. The number of anilines is 1. The third-order valence-corrected chi connectivity index (χ3v) is 7.40. The fraction of sp³-hybridized carbons (Fsp3) is 0.296. The molecule has 188 valence electrons. The molecule has 0 unspecified atom stereocenters. The van der Waals surface area contributed by atoms with Crippen molar-refractivity contribution in [3.8, 4) is 5.75 Å². The van der Waals surface area contributed by atoms with E-state index in [4.69, 9.17) is 9.47 Å². The molecular formula is C27H28BrN3O4S. The second-order valence-electron chi connectivity index (χ2n) is 8.38. The first-order valence-corrected chi connectivity index (χ1v) is 13.3. The molecule has 7 nitrogen and oxygen atoms in total. The van der Waals surface area contributed by atoms with Crippen molar-refractivity contribution in [2.75, 3.05) is 32.2 Å². The summed E-state index contributed by atoms with van der Waals surface area (Å²) >= 11 is 4.91. The van der Waals surface area contributed by atoms with E-state index in [0.717, 1.165) is 15.7 Å². The number of aromatic nitrogens is 1. The number of rotatable bonds is 7. The molecule has 0 spiro atoms. The van der Waals surface area contributed by atoms with Gasteiger partial charge in [-0.15, -0.1) is 0 Å². The summed E-state index contributed by atoms with van der Waals surface area (Å²) in [5, 5.41) is 0. The van der Waals surface area contributed by atoms with E-state index in [9.17, 15) is 9.59 Å². The summed E-state index contributed by atoms with van der Waals surface area (Å²) in [6, 6.07) is 12.7. The van der Waals surface area contributed by atoms with E-state index in [-0.39, 0.29) is 12.2 Å². The summed E-state index contributed by atoms with van der Waals surface area (Å²) < 4.78 is 14.3. The van der Waals surface area contributed by atoms with E-state index < -0.39 is 12.0 Å². The number of halogens is 1. The largest absolute Gasteiger partial charge is 0.494 e. The molecule has 3 aromatic rings. The average molecular weight is 571 g/mol. The fourth-order valence-corrected chi connectivity index (χ4v) is 6.00. The number of ether oxygens (including phenoxy) is 2. The molecular weight excluding hydrogens is 542 g/mol. The monoisotopic (exact) mass is 569 g/mol. The van der Waals surface area contributed by atoms with Crippen molar-refractivity contribution >= 4 is 45.0 Å². The van der Waals surface area contributed by atoms with Crippen LogP contribution in [0.25, 0.3) is 6.08 Å². The second-order valence-corrected chi connectivity index (χ2v) is 10.2. The highest BCUT2D eigenvalue weighted by Gasteiger charge is 2.35. The zero-order valence-electron chi connectivity index (χ0n) is 20.9. The molecule has 0 saturated carbocycles. The van der Waals surface area contributed by atoms with Gasteiger partial charge >= 0.3 is 5.97 Å². The van der Waals surface area contributed by atoms with Crippen LogP contribution >= 0.6 is 27.3 Å². The maximum Gasteiger partial charge on any atom is 0.338 e. The molecule has 1 atom stereocenters. The Kier molecular flexibility index (Phi) is 7.80. The van der Waals surface area contributed by atoms with E-state index in [0.29, 0.717) is 38.5 Å². The Morgan fingerprint density at radius 3 is 2.61 bits per heavy atom. The van der Waals surface area contributed by atoms with E-state index in [1.807, 2.05) is 74.5 Å². The van der Waals surface area contributed by atoms with Crippen LogP contribution in [-0.4, -0.2) is 37.8 Å². The summed E-state index contributed by atoms with van der Waals surface area (Å²) in [4.78, 5) is 34.1. The number of allylic oxidation sites excluding steroid dienone is 1. The lowest BCUT2D eigenvalue weighted by atomic mass is 9.95. The Hall–Kier alpha value is -3.17. The van der Waals surface area contributed by atoms with Crippen LogP contribution < -0.4 is 24.5 Å². The first-order valence-electron chi connectivity index (χ1n) is 11.6. The SMILES string of the molecule is CCOC(=O)C1=C(C)N=c2s/c(=C\c3ccc(N(C)C)c(Br)c3)c(=O)n2[C@H]1c1ccccc1OCC. The van der Waals surface area contributed by atoms with Crippen molar-refractivity contribution in [3.05, 3.63) is 89.0 Å². The molecule has 4 rings (SSSR count). The molecule has 0 N–H and O–H groups in total. The average Bonchev–Trinajstić information content (AvgIpc) is 3.13. The molecule has 1 aromatic heterocycles. The topological polar surface area (TPSA) is 73.1 Å². The summed E-state index contributed by atoms with van der Waals surface area (Å²) in [6.07, 6.45) is 1.85. The fourth-order valence-electron chi connectivity index (χ4n) is 4.21. The van der Waals surface area contributed by atoms with Gasteiger partial charge in [-0.1, -0.05) is 35.6 Å². The highest BCUT2D eigenvalue weighted by molar-refractivity contribution is 9.10. The number of para-hydroxylation sites is 1. The molecule has 0 saturated heterocycles. The number of thiazole rings is 1. The first kappa shape index (κ1) is 25.9. The minimum Gasteiger partial charge on any atom is -0.494 e. The van der Waals surface area contributed by atoms with Gasteiger partial charge in [-0.25, -0.2) is 9.79 Å². The summed E-state index contributed by atoms with van der Waals surface area (Å²) in [5.74, 6) is 0.117. The normalized spacial score (nSPS) is 15.4. The maximum atomic E-state index is 13.8. The maximum absolute atomic E-state index is 13.8. The smallest absolute Gasteiger partial charge is 0.338 e. The molecule has 2 aromatic carbocycles. The zero-order chi connectivity index (χ0) is 26.0. The van der Waals surface area contributed by atoms with Crippen LogP contribution in [0.4, 0.5) is 5.69 Å². The lowest BCUT2D eigenvalue weighted by Crippen LogP contribution is -2.40. The van der Waals surface area contributed by atoms with Gasteiger partial charge in [0.25, 0.3) is 5.56 Å². The van der Waals surface area contributed by atoms with Crippen molar-refractivity contribution < 1.29 is 14.3 Å². The highest BCUT2D eigenvalue weighted by atomic mass is 79.9. The molecule has 9 heteroatoms. The van der Waals surface area contributed by atoms with Crippen molar-refractivity contribution in [1.82, 2.24) is 4.57 Å². The number of hydrogen-bond donors (Lipinski definition) is 0. The number of esters is 1. The van der Waals surface area contributed by atoms with E-state index in [1.165, 1.54) is 11.3 Å². The molecule has 36 heavy (non-hydrogen) atoms. The van der Waals surface area contributed by atoms with Crippen molar-refractivity contribution in [1.29, 1.82) is 0 Å². The van der Waals surface area contributed by atoms with Gasteiger partial charge < -0.3 is 14.4 Å². The number of benzene rings is 2. The second kappa shape index (κ2) is 10.8. The molecule has 0 aliphatic carbocycles. The predicted molar refractivity (Wildman–Crippen MR) is 146 cm³/mol. The lowest BCUT2D eigenvalue weighted by Gasteiger charge is -2.26. The Morgan fingerprint density at radius 1 is 1.19 bits per heavy atom. The number of carbonyl (C=O) groups is 1. The van der Waals surface area contributed by atoms with Gasteiger partial charge in [0, 0.05) is 24.1 Å². The van der Waals surface area contributed by atoms with Crippen LogP contribution in [-0.2, 0) is 9.53 Å². The van der Waals surface area contributed by atoms with Crippen LogP contribution in [0.3, 0.4) is 0 Å². The molecule has 0 fully saturated rings. The third-order valence-electron chi connectivity index (χ3n) is 5.78. The van der Waals surface area contributed by atoms with E-state index >= 15 is 0 Å². The van der Waals surface area contributed by atoms with Crippen LogP contribution in [0.2, 0.25) is 0 Å². The zero-order valence-corrected chi connectivity index (χ0v) is 23.3. The van der Waals surface area contributed by atoms with Crippen LogP contribution in [0.1, 0.15) is 37.9 Å². The Bertz CT molecular complexity index is 1520. The lowest BCUT2D eigenvalue weighted by molar-refractivity contribution is -0.139. The summed E-state index contributed by atoms with van der Waals surface area (Å²) in [7, 11) is 3.95. The van der Waals surface area contributed by atoms with Crippen molar-refractivity contribution in [2.45, 2.75) is 26.8 Å². The van der Waals surface area contributed by atoms with Gasteiger partial charge in [0.15, 0.2) is 4.80 Å². The van der Waals surface area contributed by atoms with Gasteiger partial charge in [-0.3, -0.25) is 9.36 Å². The highest BCUT2D eigenvalue weighted by Crippen LogP contribution is 2.35. The van der Waals surface area contributed by atoms with Gasteiger partial charge in [0.2, 0.25) is 0 Å². The molecule has 2 heterocycles. The third kappa shape index (κ3) is 4.90. The molecule has 0 radical (unpaired) electrons. The van der Waals surface area contributed by atoms with Crippen molar-refractivity contribution in [3.63, 3.8) is 0 Å². The number of nitrogens with zero attached hydrogens (tertiary/aromatic N) is 3. The van der Waals surface area contributed by atoms with Crippen molar-refractivity contribution in [2.24, 2.45) is 4.99 Å². The molecule has 0 bridgehead atoms. The number of carbonyl (C=O) groups excluding carboxylic acids is 1.